The zero-order valence-electron chi connectivity index (χ0n) is 11.3. The Morgan fingerprint density at radius 3 is 2.72 bits per heavy atom. The number of hydrogen-bond donors (Lipinski definition) is 1. The monoisotopic (exact) mass is 309 g/mol. The lowest BCUT2D eigenvalue weighted by atomic mass is 9.83. The topological polar surface area (TPSA) is 12.0 Å². The minimum atomic E-state index is 0.698. The van der Waals surface area contributed by atoms with E-state index in [1.54, 1.807) is 0 Å². The maximum absolute atomic E-state index is 3.76. The zero-order chi connectivity index (χ0) is 12.8. The van der Waals surface area contributed by atoms with Gasteiger partial charge in [-0.3, -0.25) is 0 Å². The van der Waals surface area contributed by atoms with Gasteiger partial charge in [0.25, 0.3) is 0 Å². The summed E-state index contributed by atoms with van der Waals surface area (Å²) in [7, 11) is 0. The van der Waals surface area contributed by atoms with E-state index in [2.05, 4.69) is 52.4 Å². The lowest BCUT2D eigenvalue weighted by molar-refractivity contribution is 0.262. The van der Waals surface area contributed by atoms with Crippen molar-refractivity contribution >= 4 is 15.9 Å². The Morgan fingerprint density at radius 1 is 1.28 bits per heavy atom. The van der Waals surface area contributed by atoms with E-state index in [0.29, 0.717) is 6.04 Å². The van der Waals surface area contributed by atoms with Crippen LogP contribution in [0.5, 0.6) is 0 Å². The van der Waals surface area contributed by atoms with E-state index < -0.39 is 0 Å². The summed E-state index contributed by atoms with van der Waals surface area (Å²) in [6.45, 7) is 3.31. The molecule has 1 aliphatic rings. The van der Waals surface area contributed by atoms with E-state index in [1.807, 2.05) is 0 Å². The highest BCUT2D eigenvalue weighted by molar-refractivity contribution is 9.10. The van der Waals surface area contributed by atoms with Crippen LogP contribution in [-0.2, 0) is 6.54 Å². The van der Waals surface area contributed by atoms with Crippen molar-refractivity contribution in [1.82, 2.24) is 5.32 Å². The van der Waals surface area contributed by atoms with Gasteiger partial charge in [-0.1, -0.05) is 54.2 Å². The van der Waals surface area contributed by atoms with Crippen molar-refractivity contribution in [3.8, 4) is 0 Å². The van der Waals surface area contributed by atoms with E-state index in [9.17, 15) is 0 Å². The highest BCUT2D eigenvalue weighted by atomic mass is 79.9. The number of nitrogens with one attached hydrogen (secondary N) is 1. The van der Waals surface area contributed by atoms with Gasteiger partial charge in [0.15, 0.2) is 0 Å². The standard InChI is InChI=1S/C16H24BrN/c1-2-16(14-8-4-3-5-9-14)18-12-13-7-6-10-15(17)11-13/h6-7,10-11,14,16,18H,2-5,8-9,12H2,1H3. The summed E-state index contributed by atoms with van der Waals surface area (Å²) in [6.07, 6.45) is 8.39. The molecule has 0 spiro atoms. The molecule has 0 heterocycles. The normalized spacial score (nSPS) is 18.8. The van der Waals surface area contributed by atoms with Crippen molar-refractivity contribution in [2.75, 3.05) is 0 Å². The van der Waals surface area contributed by atoms with E-state index in [4.69, 9.17) is 0 Å². The molecule has 1 aromatic carbocycles. The highest BCUT2D eigenvalue weighted by Gasteiger charge is 2.21. The smallest absolute Gasteiger partial charge is 0.0208 e. The molecule has 18 heavy (non-hydrogen) atoms. The van der Waals surface area contributed by atoms with Gasteiger partial charge in [-0.25, -0.2) is 0 Å². The maximum atomic E-state index is 3.76. The Labute approximate surface area is 119 Å². The van der Waals surface area contributed by atoms with Gasteiger partial charge in [-0.2, -0.15) is 0 Å². The molecule has 1 atom stereocenters. The molecule has 0 bridgehead atoms. The second-order valence-corrected chi connectivity index (χ2v) is 6.34. The van der Waals surface area contributed by atoms with Crippen LogP contribution in [0.4, 0.5) is 0 Å². The highest BCUT2D eigenvalue weighted by Crippen LogP contribution is 2.27. The lowest BCUT2D eigenvalue weighted by Crippen LogP contribution is -2.36. The average molecular weight is 310 g/mol. The van der Waals surface area contributed by atoms with E-state index in [-0.39, 0.29) is 0 Å². The summed E-state index contributed by atoms with van der Waals surface area (Å²) in [5.41, 5.74) is 1.37. The SMILES string of the molecule is CCC(NCc1cccc(Br)c1)C1CCCCC1. The molecule has 1 unspecified atom stereocenters. The Balaban J connectivity index is 1.86. The third-order valence-corrected chi connectivity index (χ3v) is 4.61. The number of hydrogen-bond acceptors (Lipinski definition) is 1. The first-order valence-electron chi connectivity index (χ1n) is 7.27. The molecule has 0 aromatic heterocycles. The van der Waals surface area contributed by atoms with E-state index >= 15 is 0 Å². The van der Waals surface area contributed by atoms with Crippen molar-refractivity contribution in [2.24, 2.45) is 5.92 Å². The molecular weight excluding hydrogens is 286 g/mol. The average Bonchev–Trinajstić information content (AvgIpc) is 2.41. The summed E-state index contributed by atoms with van der Waals surface area (Å²) in [5.74, 6) is 0.899. The Morgan fingerprint density at radius 2 is 2.06 bits per heavy atom. The first kappa shape index (κ1) is 14.1. The first-order chi connectivity index (χ1) is 8.79. The van der Waals surface area contributed by atoms with Crippen molar-refractivity contribution in [2.45, 2.75) is 58.0 Å². The van der Waals surface area contributed by atoms with Crippen LogP contribution >= 0.6 is 15.9 Å². The third-order valence-electron chi connectivity index (χ3n) is 4.12. The Bertz CT molecular complexity index is 358. The molecule has 1 saturated carbocycles. The van der Waals surface area contributed by atoms with Crippen LogP contribution in [0.15, 0.2) is 28.7 Å². The maximum Gasteiger partial charge on any atom is 0.0208 e. The molecule has 2 rings (SSSR count). The molecule has 1 aliphatic carbocycles. The fourth-order valence-corrected chi connectivity index (χ4v) is 3.52. The number of rotatable bonds is 5. The Kier molecular flexibility index (Phi) is 5.71. The minimum absolute atomic E-state index is 0.698. The summed E-state index contributed by atoms with van der Waals surface area (Å²) in [5, 5.41) is 3.76. The fraction of sp³-hybridized carbons (Fsp3) is 0.625. The zero-order valence-corrected chi connectivity index (χ0v) is 12.9. The molecule has 1 aromatic rings. The molecule has 100 valence electrons. The molecule has 0 saturated heterocycles. The van der Waals surface area contributed by atoms with Crippen LogP contribution in [0.1, 0.15) is 51.0 Å². The Hall–Kier alpha value is -0.340. The van der Waals surface area contributed by atoms with Gasteiger partial charge < -0.3 is 5.32 Å². The van der Waals surface area contributed by atoms with Gasteiger partial charge in [0.05, 0.1) is 0 Å². The quantitative estimate of drug-likeness (QED) is 0.816. The van der Waals surface area contributed by atoms with Crippen molar-refractivity contribution in [3.63, 3.8) is 0 Å². The predicted molar refractivity (Wildman–Crippen MR) is 81.6 cm³/mol. The molecule has 1 N–H and O–H groups in total. The molecule has 2 heteroatoms. The minimum Gasteiger partial charge on any atom is -0.310 e. The van der Waals surface area contributed by atoms with Crippen molar-refractivity contribution in [3.05, 3.63) is 34.3 Å². The van der Waals surface area contributed by atoms with Crippen molar-refractivity contribution < 1.29 is 0 Å². The first-order valence-corrected chi connectivity index (χ1v) is 8.06. The van der Waals surface area contributed by atoms with Crippen LogP contribution in [0.2, 0.25) is 0 Å². The molecule has 0 aliphatic heterocycles. The predicted octanol–water partition coefficient (Wildman–Crippen LogP) is 4.90. The van der Waals surface area contributed by atoms with Crippen LogP contribution in [0.25, 0.3) is 0 Å². The van der Waals surface area contributed by atoms with Gasteiger partial charge in [-0.05, 0) is 42.9 Å². The van der Waals surface area contributed by atoms with Gasteiger partial charge in [0.1, 0.15) is 0 Å². The second-order valence-electron chi connectivity index (χ2n) is 5.42. The van der Waals surface area contributed by atoms with Crippen LogP contribution in [-0.4, -0.2) is 6.04 Å². The van der Waals surface area contributed by atoms with Gasteiger partial charge in [0.2, 0.25) is 0 Å². The van der Waals surface area contributed by atoms with Gasteiger partial charge in [0, 0.05) is 17.1 Å². The largest absolute Gasteiger partial charge is 0.310 e. The second kappa shape index (κ2) is 7.30. The summed E-state index contributed by atoms with van der Waals surface area (Å²) in [4.78, 5) is 0. The fourth-order valence-electron chi connectivity index (χ4n) is 3.08. The molecule has 1 nitrogen and oxygen atoms in total. The molecule has 0 radical (unpaired) electrons. The number of benzene rings is 1. The third kappa shape index (κ3) is 4.10. The van der Waals surface area contributed by atoms with E-state index in [1.165, 1.54) is 48.6 Å². The van der Waals surface area contributed by atoms with Gasteiger partial charge in [-0.15, -0.1) is 0 Å². The summed E-state index contributed by atoms with van der Waals surface area (Å²) < 4.78 is 1.17. The molecule has 0 amide bonds. The molecule has 1 fully saturated rings. The summed E-state index contributed by atoms with van der Waals surface area (Å²) >= 11 is 3.54. The summed E-state index contributed by atoms with van der Waals surface area (Å²) in [6, 6.07) is 9.31. The van der Waals surface area contributed by atoms with Crippen LogP contribution in [0, 0.1) is 5.92 Å². The van der Waals surface area contributed by atoms with Crippen LogP contribution in [0.3, 0.4) is 0 Å². The number of halogens is 1. The van der Waals surface area contributed by atoms with E-state index in [0.717, 1.165) is 12.5 Å². The molecular formula is C16H24BrN. The van der Waals surface area contributed by atoms with Crippen molar-refractivity contribution in [1.29, 1.82) is 0 Å². The van der Waals surface area contributed by atoms with Crippen LogP contribution < -0.4 is 5.32 Å². The van der Waals surface area contributed by atoms with Gasteiger partial charge >= 0.3 is 0 Å². The lowest BCUT2D eigenvalue weighted by Gasteiger charge is -2.30.